The van der Waals surface area contributed by atoms with Crippen molar-refractivity contribution in [2.45, 2.75) is 32.0 Å². The molecule has 0 atom stereocenters. The number of aromatic carboxylic acids is 1. The summed E-state index contributed by atoms with van der Waals surface area (Å²) in [5, 5.41) is 13.7. The van der Waals surface area contributed by atoms with E-state index in [1.54, 1.807) is 12.1 Å². The van der Waals surface area contributed by atoms with Crippen LogP contribution in [0.3, 0.4) is 0 Å². The Morgan fingerprint density at radius 1 is 1.04 bits per heavy atom. The van der Waals surface area contributed by atoms with Crippen LogP contribution >= 0.6 is 23.2 Å². The van der Waals surface area contributed by atoms with Crippen LogP contribution in [0.15, 0.2) is 42.5 Å². The smallest absolute Gasteiger partial charge is 0.335 e. The molecule has 0 bridgehead atoms. The van der Waals surface area contributed by atoms with Crippen molar-refractivity contribution < 1.29 is 9.90 Å². The predicted molar refractivity (Wildman–Crippen MR) is 105 cm³/mol. The minimum absolute atomic E-state index is 0.323. The van der Waals surface area contributed by atoms with Gasteiger partial charge in [0.1, 0.15) is 0 Å². The molecule has 2 aromatic carbocycles. The first kappa shape index (κ1) is 19.2. The number of carbonyl (C=O) groups is 1. The third kappa shape index (κ3) is 5.21. The summed E-state index contributed by atoms with van der Waals surface area (Å²) in [7, 11) is 0. The lowest BCUT2D eigenvalue weighted by Gasteiger charge is -2.32. The molecule has 3 rings (SSSR count). The number of likely N-dealkylation sites (tertiary alicyclic amines) is 1. The van der Waals surface area contributed by atoms with Gasteiger partial charge in [0.2, 0.25) is 0 Å². The summed E-state index contributed by atoms with van der Waals surface area (Å²) in [4.78, 5) is 13.3. The predicted octanol–water partition coefficient (Wildman–Crippen LogP) is 4.45. The van der Waals surface area contributed by atoms with Gasteiger partial charge in [0.05, 0.1) is 15.6 Å². The molecule has 2 aromatic rings. The summed E-state index contributed by atoms with van der Waals surface area (Å²) in [6.45, 7) is 3.73. The maximum atomic E-state index is 10.9. The molecule has 1 aliphatic rings. The summed E-state index contributed by atoms with van der Waals surface area (Å²) in [5.41, 5.74) is 2.61. The fourth-order valence-electron chi connectivity index (χ4n) is 3.22. The van der Waals surface area contributed by atoms with E-state index in [9.17, 15) is 4.79 Å². The van der Waals surface area contributed by atoms with E-state index in [4.69, 9.17) is 28.3 Å². The van der Waals surface area contributed by atoms with Crippen LogP contribution in [0.1, 0.15) is 34.3 Å². The number of nitrogens with zero attached hydrogens (tertiary/aromatic N) is 1. The number of hydrogen-bond acceptors (Lipinski definition) is 3. The highest BCUT2D eigenvalue weighted by Crippen LogP contribution is 2.24. The Bertz CT molecular complexity index is 757. The lowest BCUT2D eigenvalue weighted by atomic mass is 10.0. The topological polar surface area (TPSA) is 52.6 Å². The monoisotopic (exact) mass is 392 g/mol. The summed E-state index contributed by atoms with van der Waals surface area (Å²) in [6, 6.07) is 13.3. The number of benzene rings is 2. The fourth-order valence-corrected chi connectivity index (χ4v) is 3.54. The van der Waals surface area contributed by atoms with Gasteiger partial charge in [-0.25, -0.2) is 4.79 Å². The van der Waals surface area contributed by atoms with Crippen molar-refractivity contribution in [3.05, 3.63) is 69.2 Å². The van der Waals surface area contributed by atoms with Gasteiger partial charge in [0.25, 0.3) is 0 Å². The zero-order chi connectivity index (χ0) is 18.5. The van der Waals surface area contributed by atoms with Gasteiger partial charge in [-0.05, 0) is 61.3 Å². The summed E-state index contributed by atoms with van der Waals surface area (Å²) < 4.78 is 0. The highest BCUT2D eigenvalue weighted by atomic mass is 35.5. The van der Waals surface area contributed by atoms with Crippen LogP contribution in [0.4, 0.5) is 0 Å². The maximum Gasteiger partial charge on any atom is 0.335 e. The average Bonchev–Trinajstić information content (AvgIpc) is 2.64. The highest BCUT2D eigenvalue weighted by molar-refractivity contribution is 6.42. The number of carboxylic acids is 1. The van der Waals surface area contributed by atoms with Crippen LogP contribution < -0.4 is 5.32 Å². The summed E-state index contributed by atoms with van der Waals surface area (Å²) in [6.07, 6.45) is 2.18. The van der Waals surface area contributed by atoms with E-state index in [1.807, 2.05) is 30.3 Å². The van der Waals surface area contributed by atoms with E-state index in [0.717, 1.165) is 44.6 Å². The van der Waals surface area contributed by atoms with Crippen molar-refractivity contribution in [3.63, 3.8) is 0 Å². The number of nitrogens with one attached hydrogen (secondary N) is 1. The van der Waals surface area contributed by atoms with E-state index < -0.39 is 5.97 Å². The number of rotatable bonds is 6. The normalized spacial score (nSPS) is 15.9. The quantitative estimate of drug-likeness (QED) is 0.762. The second kappa shape index (κ2) is 8.87. The lowest BCUT2D eigenvalue weighted by molar-refractivity contribution is 0.0697. The molecule has 0 aliphatic carbocycles. The lowest BCUT2D eigenvalue weighted by Crippen LogP contribution is -2.41. The molecule has 1 aliphatic heterocycles. The number of halogens is 2. The van der Waals surface area contributed by atoms with Crippen molar-refractivity contribution in [1.82, 2.24) is 10.2 Å². The Labute approximate surface area is 163 Å². The first-order valence-electron chi connectivity index (χ1n) is 8.73. The molecule has 1 fully saturated rings. The number of piperidine rings is 1. The van der Waals surface area contributed by atoms with E-state index in [0.29, 0.717) is 21.7 Å². The molecular weight excluding hydrogens is 371 g/mol. The van der Waals surface area contributed by atoms with E-state index in [-0.39, 0.29) is 0 Å². The maximum absolute atomic E-state index is 10.9. The molecule has 1 saturated heterocycles. The van der Waals surface area contributed by atoms with Crippen LogP contribution in [-0.2, 0) is 13.1 Å². The van der Waals surface area contributed by atoms with Crippen LogP contribution in [0, 0.1) is 0 Å². The second-order valence-electron chi connectivity index (χ2n) is 6.68. The van der Waals surface area contributed by atoms with Gasteiger partial charge in [0.15, 0.2) is 0 Å². The van der Waals surface area contributed by atoms with Crippen molar-refractivity contribution in [2.24, 2.45) is 0 Å². The van der Waals surface area contributed by atoms with Crippen molar-refractivity contribution in [2.75, 3.05) is 13.1 Å². The van der Waals surface area contributed by atoms with Crippen LogP contribution in [0.2, 0.25) is 10.0 Å². The Hall–Kier alpha value is -1.59. The van der Waals surface area contributed by atoms with Gasteiger partial charge in [-0.1, -0.05) is 41.4 Å². The Balaban J connectivity index is 1.43. The average molecular weight is 393 g/mol. The molecule has 26 heavy (non-hydrogen) atoms. The Morgan fingerprint density at radius 2 is 1.69 bits per heavy atom. The summed E-state index contributed by atoms with van der Waals surface area (Å²) >= 11 is 12.1. The fraction of sp³-hybridized carbons (Fsp3) is 0.350. The first-order chi connectivity index (χ1) is 12.5. The van der Waals surface area contributed by atoms with Crippen molar-refractivity contribution >= 4 is 29.2 Å². The molecule has 2 N–H and O–H groups in total. The molecule has 0 spiro atoms. The molecular formula is C20H22Cl2N2O2. The molecule has 138 valence electrons. The zero-order valence-corrected chi connectivity index (χ0v) is 15.9. The van der Waals surface area contributed by atoms with Crippen LogP contribution in [0.25, 0.3) is 0 Å². The Morgan fingerprint density at radius 3 is 2.31 bits per heavy atom. The molecule has 4 nitrogen and oxygen atoms in total. The van der Waals surface area contributed by atoms with Gasteiger partial charge in [-0.2, -0.15) is 0 Å². The van der Waals surface area contributed by atoms with Crippen LogP contribution in [-0.4, -0.2) is 35.1 Å². The molecule has 0 amide bonds. The SMILES string of the molecule is O=C(O)c1ccc(CNC2CCN(Cc3ccc(Cl)c(Cl)c3)CC2)cc1. The number of hydrogen-bond donors (Lipinski definition) is 2. The van der Waals surface area contributed by atoms with Gasteiger partial charge in [0, 0.05) is 19.1 Å². The largest absolute Gasteiger partial charge is 0.478 e. The standard InChI is InChI=1S/C20H22Cl2N2O2/c21-18-6-3-15(11-19(18)22)13-24-9-7-17(8-10-24)23-12-14-1-4-16(5-2-14)20(25)26/h1-6,11,17,23H,7-10,12-13H2,(H,25,26). The Kier molecular flexibility index (Phi) is 6.54. The van der Waals surface area contributed by atoms with E-state index in [1.165, 1.54) is 5.56 Å². The van der Waals surface area contributed by atoms with Gasteiger partial charge in [-0.3, -0.25) is 4.90 Å². The highest BCUT2D eigenvalue weighted by Gasteiger charge is 2.19. The first-order valence-corrected chi connectivity index (χ1v) is 9.49. The zero-order valence-electron chi connectivity index (χ0n) is 14.4. The number of carboxylic acid groups (broad SMARTS) is 1. The molecule has 0 radical (unpaired) electrons. The molecule has 1 heterocycles. The van der Waals surface area contributed by atoms with Gasteiger partial charge < -0.3 is 10.4 Å². The van der Waals surface area contributed by atoms with Crippen molar-refractivity contribution in [1.29, 1.82) is 0 Å². The van der Waals surface area contributed by atoms with E-state index in [2.05, 4.69) is 10.2 Å². The van der Waals surface area contributed by atoms with Gasteiger partial charge >= 0.3 is 5.97 Å². The molecule has 0 saturated carbocycles. The van der Waals surface area contributed by atoms with Crippen molar-refractivity contribution in [3.8, 4) is 0 Å². The second-order valence-corrected chi connectivity index (χ2v) is 7.50. The van der Waals surface area contributed by atoms with E-state index >= 15 is 0 Å². The minimum atomic E-state index is -0.890. The molecule has 0 aromatic heterocycles. The molecule has 6 heteroatoms. The minimum Gasteiger partial charge on any atom is -0.478 e. The third-order valence-corrected chi connectivity index (χ3v) is 5.51. The summed E-state index contributed by atoms with van der Waals surface area (Å²) in [5.74, 6) is -0.890. The molecule has 0 unspecified atom stereocenters. The van der Waals surface area contributed by atoms with Crippen LogP contribution in [0.5, 0.6) is 0 Å². The third-order valence-electron chi connectivity index (χ3n) is 4.77. The van der Waals surface area contributed by atoms with Gasteiger partial charge in [-0.15, -0.1) is 0 Å².